The van der Waals surface area contributed by atoms with Gasteiger partial charge in [0.15, 0.2) is 0 Å². The molecular weight excluding hydrogens is 164 g/mol. The van der Waals surface area contributed by atoms with Crippen molar-refractivity contribution in [3.05, 3.63) is 0 Å². The van der Waals surface area contributed by atoms with Gasteiger partial charge in [-0.15, -0.1) is 11.5 Å². The molecule has 2 heteroatoms. The summed E-state index contributed by atoms with van der Waals surface area (Å²) in [5.41, 5.74) is 3.48. The molecule has 1 fully saturated rings. The first-order chi connectivity index (χ1) is 5.37. The summed E-state index contributed by atoms with van der Waals surface area (Å²) in [5.74, 6) is 3.76. The first-order valence-electron chi connectivity index (χ1n) is 4.51. The lowest BCUT2D eigenvalue weighted by molar-refractivity contribution is 0.218. The van der Waals surface area contributed by atoms with E-state index < -0.39 is 8.07 Å². The van der Waals surface area contributed by atoms with Gasteiger partial charge in [-0.05, 0) is 6.42 Å². The third-order valence-electron chi connectivity index (χ3n) is 2.33. The number of hydrogen-bond acceptors (Lipinski definition) is 1. The molecule has 1 nitrogen and oxygen atoms in total. The van der Waals surface area contributed by atoms with Gasteiger partial charge in [0, 0.05) is 17.9 Å². The van der Waals surface area contributed by atoms with Gasteiger partial charge in [-0.25, -0.2) is 0 Å². The van der Waals surface area contributed by atoms with E-state index in [9.17, 15) is 0 Å². The van der Waals surface area contributed by atoms with E-state index >= 15 is 0 Å². The van der Waals surface area contributed by atoms with Crippen LogP contribution in [0.3, 0.4) is 0 Å². The number of aliphatic hydroxyl groups is 1. The van der Waals surface area contributed by atoms with Crippen LogP contribution in [0.15, 0.2) is 0 Å². The average molecular weight is 182 g/mol. The van der Waals surface area contributed by atoms with Gasteiger partial charge in [0.1, 0.15) is 8.07 Å². The quantitative estimate of drug-likeness (QED) is 0.485. The SMILES string of the molecule is C[C@@]1(CO)C[C@@H]1C#C[Si](C)(C)C. The van der Waals surface area contributed by atoms with E-state index in [1.54, 1.807) is 0 Å². The normalized spacial score (nSPS) is 33.9. The Morgan fingerprint density at radius 2 is 2.08 bits per heavy atom. The second-order valence-corrected chi connectivity index (χ2v) is 9.84. The van der Waals surface area contributed by atoms with Crippen LogP contribution >= 0.6 is 0 Å². The van der Waals surface area contributed by atoms with Crippen LogP contribution in [0.25, 0.3) is 0 Å². The molecule has 68 valence electrons. The molecule has 0 saturated heterocycles. The van der Waals surface area contributed by atoms with Crippen molar-refractivity contribution in [3.63, 3.8) is 0 Å². The van der Waals surface area contributed by atoms with Gasteiger partial charge in [-0.1, -0.05) is 26.6 Å². The highest BCUT2D eigenvalue weighted by molar-refractivity contribution is 6.83. The smallest absolute Gasteiger partial charge is 0.129 e. The van der Waals surface area contributed by atoms with Crippen molar-refractivity contribution in [2.45, 2.75) is 33.0 Å². The molecule has 1 aliphatic rings. The minimum absolute atomic E-state index is 0.132. The van der Waals surface area contributed by atoms with Gasteiger partial charge in [0.25, 0.3) is 0 Å². The van der Waals surface area contributed by atoms with Crippen molar-refractivity contribution in [2.75, 3.05) is 6.61 Å². The lowest BCUT2D eigenvalue weighted by atomic mass is 10.1. The summed E-state index contributed by atoms with van der Waals surface area (Å²) >= 11 is 0. The number of hydrogen-bond donors (Lipinski definition) is 1. The Morgan fingerprint density at radius 1 is 1.50 bits per heavy atom. The van der Waals surface area contributed by atoms with E-state index in [0.29, 0.717) is 5.92 Å². The van der Waals surface area contributed by atoms with Crippen LogP contribution in [0.4, 0.5) is 0 Å². The predicted molar refractivity (Wildman–Crippen MR) is 54.4 cm³/mol. The highest BCUT2D eigenvalue weighted by Gasteiger charge is 2.48. The van der Waals surface area contributed by atoms with E-state index in [1.165, 1.54) is 0 Å². The lowest BCUT2D eigenvalue weighted by Crippen LogP contribution is -2.16. The predicted octanol–water partition coefficient (Wildman–Crippen LogP) is 1.89. The Hall–Kier alpha value is -0.263. The van der Waals surface area contributed by atoms with E-state index in [0.717, 1.165) is 6.42 Å². The van der Waals surface area contributed by atoms with Crippen molar-refractivity contribution in [1.82, 2.24) is 0 Å². The molecule has 0 aromatic rings. The Balaban J connectivity index is 2.50. The average Bonchev–Trinajstić information content (AvgIpc) is 2.58. The molecule has 0 radical (unpaired) electrons. The zero-order chi connectivity index (χ0) is 9.41. The van der Waals surface area contributed by atoms with Crippen LogP contribution < -0.4 is 0 Å². The molecule has 0 spiro atoms. The summed E-state index contributed by atoms with van der Waals surface area (Å²) in [7, 11) is -1.20. The number of rotatable bonds is 1. The largest absolute Gasteiger partial charge is 0.396 e. The molecular formula is C10H18OSi. The molecule has 0 aromatic heterocycles. The monoisotopic (exact) mass is 182 g/mol. The summed E-state index contributed by atoms with van der Waals surface area (Å²) < 4.78 is 0. The fourth-order valence-corrected chi connectivity index (χ4v) is 1.72. The fourth-order valence-electron chi connectivity index (χ4n) is 1.11. The fraction of sp³-hybridized carbons (Fsp3) is 0.800. The first kappa shape index (κ1) is 9.82. The molecule has 12 heavy (non-hydrogen) atoms. The van der Waals surface area contributed by atoms with Crippen molar-refractivity contribution >= 4 is 8.07 Å². The van der Waals surface area contributed by atoms with E-state index in [4.69, 9.17) is 5.11 Å². The minimum Gasteiger partial charge on any atom is -0.396 e. The molecule has 0 unspecified atom stereocenters. The molecule has 1 rings (SSSR count). The van der Waals surface area contributed by atoms with Gasteiger partial charge < -0.3 is 5.11 Å². The van der Waals surface area contributed by atoms with E-state index in [2.05, 4.69) is 38.0 Å². The van der Waals surface area contributed by atoms with E-state index in [-0.39, 0.29) is 12.0 Å². The first-order valence-corrected chi connectivity index (χ1v) is 8.01. The van der Waals surface area contributed by atoms with Crippen LogP contribution in [0.2, 0.25) is 19.6 Å². The maximum absolute atomic E-state index is 9.01. The molecule has 0 aromatic carbocycles. The number of aliphatic hydroxyl groups excluding tert-OH is 1. The zero-order valence-electron chi connectivity index (χ0n) is 8.44. The van der Waals surface area contributed by atoms with Crippen LogP contribution in [0.1, 0.15) is 13.3 Å². The second kappa shape index (κ2) is 2.90. The van der Waals surface area contributed by atoms with Crippen LogP contribution in [-0.4, -0.2) is 19.8 Å². The van der Waals surface area contributed by atoms with Gasteiger partial charge >= 0.3 is 0 Å². The standard InChI is InChI=1S/C10H18OSi/c1-10(8-11)7-9(10)5-6-12(2,3)4/h9,11H,7-8H2,1-4H3/t9-,10-/m0/s1. The molecule has 1 aliphatic carbocycles. The third-order valence-corrected chi connectivity index (χ3v) is 3.23. The van der Waals surface area contributed by atoms with Gasteiger partial charge in [0.05, 0.1) is 0 Å². The summed E-state index contributed by atoms with van der Waals surface area (Å²) in [6, 6.07) is 0. The minimum atomic E-state index is -1.20. The molecule has 2 atom stereocenters. The van der Waals surface area contributed by atoms with Crippen molar-refractivity contribution in [2.24, 2.45) is 11.3 Å². The van der Waals surface area contributed by atoms with Crippen molar-refractivity contribution < 1.29 is 5.11 Å². The highest BCUT2D eigenvalue weighted by Crippen LogP contribution is 2.51. The molecule has 0 aliphatic heterocycles. The molecule has 1 saturated carbocycles. The lowest BCUT2D eigenvalue weighted by Gasteiger charge is -2.04. The maximum atomic E-state index is 9.01. The Kier molecular flexibility index (Phi) is 2.37. The summed E-state index contributed by atoms with van der Waals surface area (Å²) in [6.45, 7) is 9.14. The topological polar surface area (TPSA) is 20.2 Å². The van der Waals surface area contributed by atoms with E-state index in [1.807, 2.05) is 0 Å². The second-order valence-electron chi connectivity index (χ2n) is 5.09. The molecule has 0 amide bonds. The van der Waals surface area contributed by atoms with Crippen molar-refractivity contribution in [1.29, 1.82) is 0 Å². The molecule has 0 heterocycles. The molecule has 0 bridgehead atoms. The molecule has 1 N–H and O–H groups in total. The Labute approximate surface area is 76.2 Å². The Bertz CT molecular complexity index is 230. The van der Waals surface area contributed by atoms with Gasteiger partial charge in [-0.2, -0.15) is 0 Å². The van der Waals surface area contributed by atoms with Crippen LogP contribution in [0.5, 0.6) is 0 Å². The zero-order valence-corrected chi connectivity index (χ0v) is 9.44. The summed E-state index contributed by atoms with van der Waals surface area (Å²) in [5, 5.41) is 9.01. The summed E-state index contributed by atoms with van der Waals surface area (Å²) in [6.07, 6.45) is 1.08. The van der Waals surface area contributed by atoms with Gasteiger partial charge in [0.2, 0.25) is 0 Å². The Morgan fingerprint density at radius 3 is 2.42 bits per heavy atom. The van der Waals surface area contributed by atoms with Crippen LogP contribution in [0, 0.1) is 22.8 Å². The maximum Gasteiger partial charge on any atom is 0.129 e. The highest BCUT2D eigenvalue weighted by atomic mass is 28.3. The van der Waals surface area contributed by atoms with Crippen molar-refractivity contribution in [3.8, 4) is 11.5 Å². The third kappa shape index (κ3) is 2.36. The van der Waals surface area contributed by atoms with Crippen LogP contribution in [-0.2, 0) is 0 Å². The van der Waals surface area contributed by atoms with Gasteiger partial charge in [-0.3, -0.25) is 0 Å². The summed E-state index contributed by atoms with van der Waals surface area (Å²) in [4.78, 5) is 0.